The predicted octanol–water partition coefficient (Wildman–Crippen LogP) is 6.07. The molecule has 0 aliphatic heterocycles. The number of hydrogen-bond donors (Lipinski definition) is 0. The normalized spacial score (nSPS) is 13.9. The number of halogens is 3. The number of amides is 1. The highest BCUT2D eigenvalue weighted by molar-refractivity contribution is 5.93. The van der Waals surface area contributed by atoms with Gasteiger partial charge < -0.3 is 9.42 Å². The number of carbonyl (C=O) groups is 1. The van der Waals surface area contributed by atoms with Crippen molar-refractivity contribution in [3.05, 3.63) is 53.9 Å². The summed E-state index contributed by atoms with van der Waals surface area (Å²) in [6.45, 7) is 4.44. The molecule has 0 bridgehead atoms. The molecular weight excluding hydrogens is 407 g/mol. The van der Waals surface area contributed by atoms with Crippen molar-refractivity contribution in [1.82, 2.24) is 10.1 Å². The van der Waals surface area contributed by atoms with Gasteiger partial charge in [-0.1, -0.05) is 30.3 Å². The Hall–Kier alpha value is -2.64. The Morgan fingerprint density at radius 3 is 2.68 bits per heavy atom. The molecule has 1 aromatic heterocycles. The predicted molar refractivity (Wildman–Crippen MR) is 112 cm³/mol. The standard InChI is InChI=1S/C23H28F3N3O2/c1-16(24)10-13-21(30)29(19-8-6-7-18(15-19)17-11-12-17)14-5-3-4-9-20-27-22(31-28-20)23(2,25)26/h6-8,15,17H,1,3-5,9-14H2,2H3. The lowest BCUT2D eigenvalue weighted by atomic mass is 10.1. The molecule has 1 heterocycles. The molecule has 1 amide bonds. The van der Waals surface area contributed by atoms with E-state index in [1.165, 1.54) is 18.4 Å². The molecule has 0 spiro atoms. The molecule has 168 valence electrons. The van der Waals surface area contributed by atoms with Crippen molar-refractivity contribution in [3.8, 4) is 0 Å². The second-order valence-corrected chi connectivity index (χ2v) is 8.15. The van der Waals surface area contributed by atoms with E-state index >= 15 is 0 Å². The maximum atomic E-state index is 13.2. The number of carbonyl (C=O) groups excluding carboxylic acids is 1. The van der Waals surface area contributed by atoms with Crippen LogP contribution in [0.5, 0.6) is 0 Å². The van der Waals surface area contributed by atoms with Crippen LogP contribution in [0.1, 0.15) is 75.1 Å². The van der Waals surface area contributed by atoms with E-state index in [-0.39, 0.29) is 24.6 Å². The van der Waals surface area contributed by atoms with Crippen molar-refractivity contribution >= 4 is 11.6 Å². The molecule has 8 heteroatoms. The molecule has 2 aromatic rings. The van der Waals surface area contributed by atoms with Gasteiger partial charge in [0.1, 0.15) is 0 Å². The molecule has 0 unspecified atom stereocenters. The second-order valence-electron chi connectivity index (χ2n) is 8.15. The summed E-state index contributed by atoms with van der Waals surface area (Å²) < 4.78 is 44.0. The number of hydrogen-bond acceptors (Lipinski definition) is 4. The minimum Gasteiger partial charge on any atom is -0.333 e. The van der Waals surface area contributed by atoms with Crippen molar-refractivity contribution in [1.29, 1.82) is 0 Å². The molecule has 0 N–H and O–H groups in total. The minimum atomic E-state index is -3.15. The van der Waals surface area contributed by atoms with E-state index in [0.717, 1.165) is 12.1 Å². The number of alkyl halides is 2. The summed E-state index contributed by atoms with van der Waals surface area (Å²) in [6, 6.07) is 7.98. The summed E-state index contributed by atoms with van der Waals surface area (Å²) in [5.41, 5.74) is 2.05. The monoisotopic (exact) mass is 435 g/mol. The zero-order chi connectivity index (χ0) is 22.4. The molecule has 1 aromatic carbocycles. The molecule has 0 radical (unpaired) electrons. The van der Waals surface area contributed by atoms with E-state index in [4.69, 9.17) is 0 Å². The van der Waals surface area contributed by atoms with E-state index < -0.39 is 17.6 Å². The van der Waals surface area contributed by atoms with Crippen LogP contribution in [0.3, 0.4) is 0 Å². The Morgan fingerprint density at radius 1 is 1.26 bits per heavy atom. The Morgan fingerprint density at radius 2 is 2.03 bits per heavy atom. The first-order valence-corrected chi connectivity index (χ1v) is 10.7. The van der Waals surface area contributed by atoms with Gasteiger partial charge in [-0.3, -0.25) is 4.79 Å². The van der Waals surface area contributed by atoms with Gasteiger partial charge in [-0.2, -0.15) is 13.8 Å². The van der Waals surface area contributed by atoms with Crippen molar-refractivity contribution in [2.24, 2.45) is 0 Å². The highest BCUT2D eigenvalue weighted by atomic mass is 19.3. The summed E-state index contributed by atoms with van der Waals surface area (Å²) >= 11 is 0. The molecule has 5 nitrogen and oxygen atoms in total. The fourth-order valence-corrected chi connectivity index (χ4v) is 3.40. The molecule has 1 fully saturated rings. The summed E-state index contributed by atoms with van der Waals surface area (Å²) in [5, 5.41) is 3.59. The maximum absolute atomic E-state index is 13.2. The molecule has 0 saturated heterocycles. The summed E-state index contributed by atoms with van der Waals surface area (Å²) in [4.78, 5) is 18.2. The Balaban J connectivity index is 1.54. The maximum Gasteiger partial charge on any atom is 0.322 e. The van der Waals surface area contributed by atoms with Crippen molar-refractivity contribution in [2.75, 3.05) is 11.4 Å². The number of anilines is 1. The lowest BCUT2D eigenvalue weighted by Crippen LogP contribution is -2.31. The van der Waals surface area contributed by atoms with Crippen LogP contribution in [0, 0.1) is 0 Å². The van der Waals surface area contributed by atoms with Gasteiger partial charge in [0.25, 0.3) is 5.89 Å². The lowest BCUT2D eigenvalue weighted by molar-refractivity contribution is -0.118. The zero-order valence-electron chi connectivity index (χ0n) is 17.7. The van der Waals surface area contributed by atoms with E-state index in [1.54, 1.807) is 4.90 Å². The van der Waals surface area contributed by atoms with Gasteiger partial charge in [0.05, 0.1) is 5.83 Å². The number of aromatic nitrogens is 2. The highest BCUT2D eigenvalue weighted by Gasteiger charge is 2.32. The van der Waals surface area contributed by atoms with E-state index in [1.807, 2.05) is 18.2 Å². The smallest absolute Gasteiger partial charge is 0.322 e. The quantitative estimate of drug-likeness (QED) is 0.380. The first-order chi connectivity index (χ1) is 14.7. The van der Waals surface area contributed by atoms with Gasteiger partial charge in [-0.05, 0) is 49.3 Å². The average Bonchev–Trinajstić information content (AvgIpc) is 3.46. The first kappa shape index (κ1) is 23.0. The number of allylic oxidation sites excluding steroid dienone is 1. The van der Waals surface area contributed by atoms with Gasteiger partial charge >= 0.3 is 5.92 Å². The molecule has 1 aliphatic carbocycles. The van der Waals surface area contributed by atoms with Gasteiger partial charge in [0, 0.05) is 38.4 Å². The van der Waals surface area contributed by atoms with Crippen molar-refractivity contribution < 1.29 is 22.5 Å². The van der Waals surface area contributed by atoms with E-state index in [2.05, 4.69) is 27.3 Å². The van der Waals surface area contributed by atoms with Crippen LogP contribution >= 0.6 is 0 Å². The number of rotatable bonds is 12. The Bertz CT molecular complexity index is 903. The minimum absolute atomic E-state index is 0.0138. The third kappa shape index (κ3) is 6.94. The molecule has 1 aliphatic rings. The fraction of sp³-hybridized carbons (Fsp3) is 0.522. The fourth-order valence-electron chi connectivity index (χ4n) is 3.40. The molecule has 1 saturated carbocycles. The van der Waals surface area contributed by atoms with Gasteiger partial charge in [0.15, 0.2) is 5.82 Å². The highest BCUT2D eigenvalue weighted by Crippen LogP contribution is 2.41. The molecular formula is C23H28F3N3O2. The Kier molecular flexibility index (Phi) is 7.51. The van der Waals surface area contributed by atoms with Crippen molar-refractivity contribution in [2.45, 2.75) is 70.1 Å². The molecule has 0 atom stereocenters. The number of nitrogens with zero attached hydrogens (tertiary/aromatic N) is 3. The van der Waals surface area contributed by atoms with Crippen LogP contribution in [-0.4, -0.2) is 22.6 Å². The lowest BCUT2D eigenvalue weighted by Gasteiger charge is -2.23. The van der Waals surface area contributed by atoms with Crippen LogP contribution in [0.15, 0.2) is 41.2 Å². The third-order valence-corrected chi connectivity index (χ3v) is 5.27. The average molecular weight is 435 g/mol. The third-order valence-electron chi connectivity index (χ3n) is 5.27. The number of unbranched alkanes of at least 4 members (excludes halogenated alkanes) is 2. The van der Waals surface area contributed by atoms with Crippen LogP contribution < -0.4 is 4.90 Å². The van der Waals surface area contributed by atoms with Crippen LogP contribution in [0.4, 0.5) is 18.9 Å². The van der Waals surface area contributed by atoms with Crippen molar-refractivity contribution in [3.63, 3.8) is 0 Å². The topological polar surface area (TPSA) is 59.2 Å². The number of benzene rings is 1. The van der Waals surface area contributed by atoms with Crippen LogP contribution in [0.25, 0.3) is 0 Å². The van der Waals surface area contributed by atoms with Crippen LogP contribution in [0.2, 0.25) is 0 Å². The van der Waals surface area contributed by atoms with E-state index in [0.29, 0.717) is 38.6 Å². The molecule has 31 heavy (non-hydrogen) atoms. The number of aryl methyl sites for hydroxylation is 1. The summed E-state index contributed by atoms with van der Waals surface area (Å²) in [5.74, 6) is -3.64. The van der Waals surface area contributed by atoms with Gasteiger partial charge in [0.2, 0.25) is 5.91 Å². The zero-order valence-corrected chi connectivity index (χ0v) is 17.7. The summed E-state index contributed by atoms with van der Waals surface area (Å²) in [6.07, 6.45) is 4.99. The largest absolute Gasteiger partial charge is 0.333 e. The van der Waals surface area contributed by atoms with Gasteiger partial charge in [-0.15, -0.1) is 0 Å². The van der Waals surface area contributed by atoms with Crippen LogP contribution in [-0.2, 0) is 17.1 Å². The van der Waals surface area contributed by atoms with Gasteiger partial charge in [-0.25, -0.2) is 4.39 Å². The molecule has 3 rings (SSSR count). The summed E-state index contributed by atoms with van der Waals surface area (Å²) in [7, 11) is 0. The Labute approximate surface area is 180 Å². The SMILES string of the molecule is C=C(F)CCC(=O)N(CCCCCc1noc(C(C)(F)F)n1)c1cccc(C2CC2)c1. The van der Waals surface area contributed by atoms with E-state index in [9.17, 15) is 18.0 Å². The second kappa shape index (κ2) is 10.1. The first-order valence-electron chi connectivity index (χ1n) is 10.7.